The molecule has 12 heavy (non-hydrogen) atoms. The van der Waals surface area contributed by atoms with Gasteiger partial charge in [-0.25, -0.2) is 9.97 Å². The predicted molar refractivity (Wildman–Crippen MR) is 50.9 cm³/mol. The van der Waals surface area contributed by atoms with Crippen LogP contribution in [0.2, 0.25) is 0 Å². The largest absolute Gasteiger partial charge is 0.231 e. The molecule has 3 heteroatoms. The molecule has 0 amide bonds. The third-order valence-corrected chi connectivity index (χ3v) is 2.11. The van der Waals surface area contributed by atoms with Gasteiger partial charge >= 0.3 is 0 Å². The highest BCUT2D eigenvalue weighted by Gasteiger charge is 1.95. The molecule has 0 atom stereocenters. The van der Waals surface area contributed by atoms with E-state index >= 15 is 0 Å². The van der Waals surface area contributed by atoms with E-state index in [1.54, 1.807) is 18.0 Å². The van der Waals surface area contributed by atoms with E-state index in [9.17, 15) is 0 Å². The number of nitrogens with zero attached hydrogens (tertiary/aromatic N) is 2. The van der Waals surface area contributed by atoms with Crippen LogP contribution >= 0.6 is 11.8 Å². The molecule has 0 radical (unpaired) electrons. The molecule has 0 aliphatic carbocycles. The molecule has 62 valence electrons. The van der Waals surface area contributed by atoms with E-state index in [1.807, 2.05) is 13.0 Å². The van der Waals surface area contributed by atoms with Crippen LogP contribution in [-0.4, -0.2) is 15.7 Å². The summed E-state index contributed by atoms with van der Waals surface area (Å²) < 4.78 is 0. The zero-order chi connectivity index (χ0) is 8.81. The van der Waals surface area contributed by atoms with Crippen molar-refractivity contribution in [2.45, 2.75) is 18.5 Å². The second-order valence-electron chi connectivity index (χ2n) is 2.28. The van der Waals surface area contributed by atoms with Crippen molar-refractivity contribution in [3.63, 3.8) is 0 Å². The molecule has 0 saturated carbocycles. The Hall–Kier alpha value is -1.01. The summed E-state index contributed by atoms with van der Waals surface area (Å²) in [5, 5.41) is 0.810. The minimum atomic E-state index is 0.766. The zero-order valence-electron chi connectivity index (χ0n) is 6.95. The lowest BCUT2D eigenvalue weighted by molar-refractivity contribution is 0.931. The Balaban J connectivity index is 2.48. The first-order chi connectivity index (χ1) is 5.83. The Morgan fingerprint density at radius 1 is 1.67 bits per heavy atom. The fourth-order valence-electron chi connectivity index (χ4n) is 0.697. The fourth-order valence-corrected chi connectivity index (χ4v) is 1.44. The Labute approximate surface area is 76.8 Å². The van der Waals surface area contributed by atoms with Crippen LogP contribution in [0.4, 0.5) is 0 Å². The summed E-state index contributed by atoms with van der Waals surface area (Å²) in [5.41, 5.74) is 0.994. The van der Waals surface area contributed by atoms with Crippen molar-refractivity contribution in [2.24, 2.45) is 0 Å². The van der Waals surface area contributed by atoms with Crippen molar-refractivity contribution in [1.29, 1.82) is 0 Å². The van der Waals surface area contributed by atoms with Gasteiger partial charge in [0.2, 0.25) is 0 Å². The van der Waals surface area contributed by atoms with Gasteiger partial charge in [-0.3, -0.25) is 0 Å². The highest BCUT2D eigenvalue weighted by Crippen LogP contribution is 2.12. The molecular formula is C9H10N2S. The standard InChI is InChI=1S/C9H10N2S/c1-3-4-7-12-9-10-6-5-8(2)11-9/h1,5-6H,4,7H2,2H3. The van der Waals surface area contributed by atoms with Crippen molar-refractivity contribution in [2.75, 3.05) is 5.75 Å². The minimum absolute atomic E-state index is 0.766. The van der Waals surface area contributed by atoms with Gasteiger partial charge in [0.15, 0.2) is 5.16 Å². The highest BCUT2D eigenvalue weighted by atomic mass is 32.2. The first kappa shape index (κ1) is 9.08. The average molecular weight is 178 g/mol. The second-order valence-corrected chi connectivity index (χ2v) is 3.35. The van der Waals surface area contributed by atoms with Gasteiger partial charge < -0.3 is 0 Å². The van der Waals surface area contributed by atoms with Crippen LogP contribution in [0.25, 0.3) is 0 Å². The molecule has 0 N–H and O–H groups in total. The molecular weight excluding hydrogens is 168 g/mol. The third kappa shape index (κ3) is 2.93. The topological polar surface area (TPSA) is 25.8 Å². The minimum Gasteiger partial charge on any atom is -0.231 e. The van der Waals surface area contributed by atoms with E-state index in [0.29, 0.717) is 0 Å². The quantitative estimate of drug-likeness (QED) is 0.306. The number of hydrogen-bond acceptors (Lipinski definition) is 3. The molecule has 0 spiro atoms. The number of rotatable bonds is 3. The van der Waals surface area contributed by atoms with Crippen molar-refractivity contribution in [3.05, 3.63) is 18.0 Å². The van der Waals surface area contributed by atoms with E-state index in [0.717, 1.165) is 23.0 Å². The molecule has 2 nitrogen and oxygen atoms in total. The maximum atomic E-state index is 5.12. The average Bonchev–Trinajstić information content (AvgIpc) is 2.05. The number of hydrogen-bond donors (Lipinski definition) is 0. The lowest BCUT2D eigenvalue weighted by Gasteiger charge is -1.97. The molecule has 1 heterocycles. The molecule has 0 aromatic carbocycles. The molecule has 0 fully saturated rings. The maximum Gasteiger partial charge on any atom is 0.187 e. The van der Waals surface area contributed by atoms with Crippen LogP contribution < -0.4 is 0 Å². The van der Waals surface area contributed by atoms with Crippen molar-refractivity contribution in [1.82, 2.24) is 9.97 Å². The summed E-state index contributed by atoms with van der Waals surface area (Å²) in [6.07, 6.45) is 7.65. The van der Waals surface area contributed by atoms with Crippen LogP contribution in [0.1, 0.15) is 12.1 Å². The van der Waals surface area contributed by atoms with Crippen LogP contribution in [0.15, 0.2) is 17.4 Å². The lowest BCUT2D eigenvalue weighted by atomic mass is 10.5. The monoisotopic (exact) mass is 178 g/mol. The summed E-state index contributed by atoms with van der Waals surface area (Å²) in [6, 6.07) is 1.88. The zero-order valence-corrected chi connectivity index (χ0v) is 7.77. The number of thioether (sulfide) groups is 1. The summed E-state index contributed by atoms with van der Waals surface area (Å²) >= 11 is 1.59. The van der Waals surface area contributed by atoms with Gasteiger partial charge in [-0.1, -0.05) is 11.8 Å². The summed E-state index contributed by atoms with van der Waals surface area (Å²) in [4.78, 5) is 8.32. The van der Waals surface area contributed by atoms with Crippen LogP contribution in [0.5, 0.6) is 0 Å². The molecule has 1 aromatic heterocycles. The lowest BCUT2D eigenvalue weighted by Crippen LogP contribution is -1.88. The molecule has 0 saturated heterocycles. The summed E-state index contributed by atoms with van der Waals surface area (Å²) in [5.74, 6) is 3.47. The highest BCUT2D eigenvalue weighted by molar-refractivity contribution is 7.99. The van der Waals surface area contributed by atoms with Gasteiger partial charge in [-0.2, -0.15) is 0 Å². The molecule has 1 aromatic rings. The number of aryl methyl sites for hydroxylation is 1. The number of aromatic nitrogens is 2. The Bertz CT molecular complexity index is 291. The number of terminal acetylenes is 1. The van der Waals surface area contributed by atoms with Gasteiger partial charge in [-0.15, -0.1) is 12.3 Å². The molecule has 0 aliphatic heterocycles. The Morgan fingerprint density at radius 3 is 3.17 bits per heavy atom. The van der Waals surface area contributed by atoms with Crippen molar-refractivity contribution in [3.8, 4) is 12.3 Å². The maximum absolute atomic E-state index is 5.12. The van der Waals surface area contributed by atoms with Crippen LogP contribution in [0, 0.1) is 19.3 Å². The third-order valence-electron chi connectivity index (χ3n) is 1.25. The molecule has 0 unspecified atom stereocenters. The second kappa shape index (κ2) is 4.78. The van der Waals surface area contributed by atoms with Crippen LogP contribution in [0.3, 0.4) is 0 Å². The van der Waals surface area contributed by atoms with Crippen molar-refractivity contribution >= 4 is 11.8 Å². The van der Waals surface area contributed by atoms with E-state index in [1.165, 1.54) is 0 Å². The summed E-state index contributed by atoms with van der Waals surface area (Å²) in [7, 11) is 0. The molecule has 0 bridgehead atoms. The fraction of sp³-hybridized carbons (Fsp3) is 0.333. The van der Waals surface area contributed by atoms with Gasteiger partial charge in [-0.05, 0) is 13.0 Å². The Kier molecular flexibility index (Phi) is 3.62. The Morgan fingerprint density at radius 2 is 2.50 bits per heavy atom. The van der Waals surface area contributed by atoms with Gasteiger partial charge in [0.05, 0.1) is 0 Å². The normalized spacial score (nSPS) is 9.33. The smallest absolute Gasteiger partial charge is 0.187 e. The molecule has 0 aliphatic rings. The van der Waals surface area contributed by atoms with Gasteiger partial charge in [0, 0.05) is 24.1 Å². The predicted octanol–water partition coefficient (Wildman–Crippen LogP) is 1.90. The van der Waals surface area contributed by atoms with E-state index in [4.69, 9.17) is 6.42 Å². The van der Waals surface area contributed by atoms with Gasteiger partial charge in [0.25, 0.3) is 0 Å². The first-order valence-corrected chi connectivity index (χ1v) is 4.67. The SMILES string of the molecule is C#CCCSc1nccc(C)n1. The van der Waals surface area contributed by atoms with Crippen molar-refractivity contribution < 1.29 is 0 Å². The van der Waals surface area contributed by atoms with Crippen LogP contribution in [-0.2, 0) is 0 Å². The molecule has 1 rings (SSSR count). The van der Waals surface area contributed by atoms with E-state index in [2.05, 4.69) is 15.9 Å². The van der Waals surface area contributed by atoms with E-state index < -0.39 is 0 Å². The first-order valence-electron chi connectivity index (χ1n) is 3.69. The summed E-state index contributed by atoms with van der Waals surface area (Å²) in [6.45, 7) is 1.95. The van der Waals surface area contributed by atoms with E-state index in [-0.39, 0.29) is 0 Å². The van der Waals surface area contributed by atoms with Gasteiger partial charge in [0.1, 0.15) is 0 Å².